The van der Waals surface area contributed by atoms with Gasteiger partial charge in [-0.15, -0.1) is 0 Å². The largest absolute Gasteiger partial charge is 0.494 e. The Bertz CT molecular complexity index is 431. The zero-order valence-corrected chi connectivity index (χ0v) is 12.1. The molecule has 2 rings (SSSR count). The maximum absolute atomic E-state index is 13.4. The molecule has 1 atom stereocenters. The second-order valence-corrected chi connectivity index (χ2v) is 6.29. The molecule has 19 heavy (non-hydrogen) atoms. The molecular formula is C16H24FNO. The van der Waals surface area contributed by atoms with Crippen LogP contribution in [0.25, 0.3) is 0 Å². The lowest BCUT2D eigenvalue weighted by atomic mass is 9.85. The summed E-state index contributed by atoms with van der Waals surface area (Å²) in [5.41, 5.74) is 1.40. The average Bonchev–Trinajstić information content (AvgIpc) is 2.53. The van der Waals surface area contributed by atoms with Gasteiger partial charge in [-0.25, -0.2) is 4.39 Å². The minimum absolute atomic E-state index is 0.305. The molecule has 2 nitrogen and oxygen atoms in total. The van der Waals surface area contributed by atoms with Gasteiger partial charge >= 0.3 is 0 Å². The summed E-state index contributed by atoms with van der Waals surface area (Å²) in [7, 11) is 1.50. The van der Waals surface area contributed by atoms with Crippen molar-refractivity contribution in [1.82, 2.24) is 0 Å². The molecule has 1 unspecified atom stereocenters. The molecule has 1 N–H and O–H groups in total. The lowest BCUT2D eigenvalue weighted by Gasteiger charge is -2.22. The minimum atomic E-state index is -0.310. The number of nitrogens with one attached hydrogen (secondary N) is 1. The number of methoxy groups -OCH3 is 1. The summed E-state index contributed by atoms with van der Waals surface area (Å²) in [6.07, 6.45) is 6.14. The summed E-state index contributed by atoms with van der Waals surface area (Å²) in [4.78, 5) is 0. The van der Waals surface area contributed by atoms with Gasteiger partial charge in [0.2, 0.25) is 0 Å². The molecule has 0 aromatic heterocycles. The fourth-order valence-electron chi connectivity index (χ4n) is 2.79. The van der Waals surface area contributed by atoms with Crippen molar-refractivity contribution in [1.29, 1.82) is 0 Å². The minimum Gasteiger partial charge on any atom is -0.494 e. The molecule has 0 heterocycles. The Balaban J connectivity index is 2.01. The maximum Gasteiger partial charge on any atom is 0.165 e. The molecule has 0 amide bonds. The number of hydrogen-bond acceptors (Lipinski definition) is 2. The number of ether oxygens (including phenoxy) is 1. The molecule has 3 heteroatoms. The highest BCUT2D eigenvalue weighted by Gasteiger charge is 2.24. The standard InChI is InChI=1S/C16H24FNO/c1-16(2)9-4-5-12(8-10-16)18-13-6-7-14(17)15(11-13)19-3/h6-7,11-12,18H,4-5,8-10H2,1-3H3. The quantitative estimate of drug-likeness (QED) is 0.806. The molecule has 1 aliphatic rings. The van der Waals surface area contributed by atoms with Crippen molar-refractivity contribution in [3.63, 3.8) is 0 Å². The summed E-state index contributed by atoms with van der Waals surface area (Å²) in [5.74, 6) is -0.00555. The molecule has 106 valence electrons. The van der Waals surface area contributed by atoms with Crippen molar-refractivity contribution < 1.29 is 9.13 Å². The topological polar surface area (TPSA) is 21.3 Å². The monoisotopic (exact) mass is 265 g/mol. The summed E-state index contributed by atoms with van der Waals surface area (Å²) in [5, 5.41) is 3.51. The summed E-state index contributed by atoms with van der Waals surface area (Å²) >= 11 is 0. The van der Waals surface area contributed by atoms with Crippen molar-refractivity contribution >= 4 is 5.69 Å². The van der Waals surface area contributed by atoms with Gasteiger partial charge in [-0.1, -0.05) is 20.3 Å². The number of hydrogen-bond donors (Lipinski definition) is 1. The van der Waals surface area contributed by atoms with Crippen LogP contribution in [-0.2, 0) is 0 Å². The van der Waals surface area contributed by atoms with Crippen LogP contribution in [0.15, 0.2) is 18.2 Å². The van der Waals surface area contributed by atoms with Crippen LogP contribution < -0.4 is 10.1 Å². The number of rotatable bonds is 3. The summed E-state index contributed by atoms with van der Waals surface area (Å²) in [6, 6.07) is 5.47. The van der Waals surface area contributed by atoms with Crippen LogP contribution in [0.4, 0.5) is 10.1 Å². The molecule has 0 aliphatic heterocycles. The zero-order valence-electron chi connectivity index (χ0n) is 12.1. The molecule has 1 aromatic carbocycles. The second-order valence-electron chi connectivity index (χ2n) is 6.29. The van der Waals surface area contributed by atoms with Crippen LogP contribution in [0, 0.1) is 11.2 Å². The highest BCUT2D eigenvalue weighted by atomic mass is 19.1. The van der Waals surface area contributed by atoms with E-state index in [-0.39, 0.29) is 5.82 Å². The van der Waals surface area contributed by atoms with Gasteiger partial charge in [0.1, 0.15) is 0 Å². The van der Waals surface area contributed by atoms with Crippen LogP contribution >= 0.6 is 0 Å². The predicted octanol–water partition coefficient (Wildman–Crippen LogP) is 4.61. The first-order valence-corrected chi connectivity index (χ1v) is 7.10. The van der Waals surface area contributed by atoms with Crippen LogP contribution in [-0.4, -0.2) is 13.2 Å². The Morgan fingerprint density at radius 3 is 2.79 bits per heavy atom. The molecule has 0 saturated heterocycles. The van der Waals surface area contributed by atoms with Crippen LogP contribution in [0.3, 0.4) is 0 Å². The molecule has 0 bridgehead atoms. The third-order valence-electron chi connectivity index (χ3n) is 4.10. The van der Waals surface area contributed by atoms with Crippen molar-refractivity contribution in [3.05, 3.63) is 24.0 Å². The first-order chi connectivity index (χ1) is 9.00. The van der Waals surface area contributed by atoms with E-state index in [2.05, 4.69) is 19.2 Å². The van der Waals surface area contributed by atoms with E-state index in [1.54, 1.807) is 12.1 Å². The summed E-state index contributed by atoms with van der Waals surface area (Å²) in [6.45, 7) is 4.69. The van der Waals surface area contributed by atoms with Crippen LogP contribution in [0.1, 0.15) is 46.0 Å². The van der Waals surface area contributed by atoms with E-state index in [1.807, 2.05) is 0 Å². The Morgan fingerprint density at radius 2 is 2.05 bits per heavy atom. The molecule has 1 saturated carbocycles. The van der Waals surface area contributed by atoms with Gasteiger partial charge in [-0.3, -0.25) is 0 Å². The fourth-order valence-corrected chi connectivity index (χ4v) is 2.79. The maximum atomic E-state index is 13.4. The molecule has 1 aliphatic carbocycles. The highest BCUT2D eigenvalue weighted by molar-refractivity contribution is 5.49. The van der Waals surface area contributed by atoms with E-state index in [4.69, 9.17) is 4.74 Å². The van der Waals surface area contributed by atoms with Gasteiger partial charge in [0.25, 0.3) is 0 Å². The summed E-state index contributed by atoms with van der Waals surface area (Å²) < 4.78 is 18.4. The normalized spacial score (nSPS) is 22.6. The average molecular weight is 265 g/mol. The van der Waals surface area contributed by atoms with E-state index in [9.17, 15) is 4.39 Å². The third kappa shape index (κ3) is 3.85. The lowest BCUT2D eigenvalue weighted by molar-refractivity contribution is 0.313. The van der Waals surface area contributed by atoms with E-state index in [0.29, 0.717) is 17.2 Å². The Morgan fingerprint density at radius 1 is 1.26 bits per heavy atom. The van der Waals surface area contributed by atoms with E-state index in [1.165, 1.54) is 45.3 Å². The van der Waals surface area contributed by atoms with E-state index < -0.39 is 0 Å². The molecule has 0 spiro atoms. The van der Waals surface area contributed by atoms with Crippen molar-refractivity contribution in [2.45, 2.75) is 52.0 Å². The SMILES string of the molecule is COc1cc(NC2CCCC(C)(C)CC2)ccc1F. The lowest BCUT2D eigenvalue weighted by Crippen LogP contribution is -2.19. The van der Waals surface area contributed by atoms with Gasteiger partial charge < -0.3 is 10.1 Å². The number of benzene rings is 1. The van der Waals surface area contributed by atoms with Crippen molar-refractivity contribution in [3.8, 4) is 5.75 Å². The van der Waals surface area contributed by atoms with Crippen molar-refractivity contribution in [2.75, 3.05) is 12.4 Å². The highest BCUT2D eigenvalue weighted by Crippen LogP contribution is 2.35. The van der Waals surface area contributed by atoms with Crippen LogP contribution in [0.2, 0.25) is 0 Å². The second kappa shape index (κ2) is 5.81. The first-order valence-electron chi connectivity index (χ1n) is 7.10. The smallest absolute Gasteiger partial charge is 0.165 e. The van der Waals surface area contributed by atoms with Gasteiger partial charge in [0.15, 0.2) is 11.6 Å². The molecule has 1 aromatic rings. The Hall–Kier alpha value is -1.25. The molecule has 1 fully saturated rings. The number of anilines is 1. The third-order valence-corrected chi connectivity index (χ3v) is 4.10. The fraction of sp³-hybridized carbons (Fsp3) is 0.625. The van der Waals surface area contributed by atoms with E-state index >= 15 is 0 Å². The zero-order chi connectivity index (χ0) is 13.9. The van der Waals surface area contributed by atoms with Gasteiger partial charge in [-0.2, -0.15) is 0 Å². The predicted molar refractivity (Wildman–Crippen MR) is 77.2 cm³/mol. The van der Waals surface area contributed by atoms with Crippen molar-refractivity contribution in [2.24, 2.45) is 5.41 Å². The van der Waals surface area contributed by atoms with Gasteiger partial charge in [0.05, 0.1) is 7.11 Å². The first kappa shape index (κ1) is 14.2. The van der Waals surface area contributed by atoms with Gasteiger partial charge in [-0.05, 0) is 43.2 Å². The molecule has 0 radical (unpaired) electrons. The number of halogens is 1. The Kier molecular flexibility index (Phi) is 4.33. The van der Waals surface area contributed by atoms with E-state index in [0.717, 1.165) is 5.69 Å². The van der Waals surface area contributed by atoms with Gasteiger partial charge in [0, 0.05) is 17.8 Å². The molecular weight excluding hydrogens is 241 g/mol. The Labute approximate surface area is 115 Å². The van der Waals surface area contributed by atoms with Crippen LogP contribution in [0.5, 0.6) is 5.75 Å².